The maximum Gasteiger partial charge on any atom is 0.490 e. The zero-order valence-electron chi connectivity index (χ0n) is 17.6. The summed E-state index contributed by atoms with van der Waals surface area (Å²) < 4.78 is 52.4. The lowest BCUT2D eigenvalue weighted by molar-refractivity contribution is -0.0243. The predicted octanol–water partition coefficient (Wildman–Crippen LogP) is 1.73. The Bertz CT molecular complexity index is 1330. The van der Waals surface area contributed by atoms with Gasteiger partial charge in [0.25, 0.3) is 5.56 Å². The topological polar surface area (TPSA) is 224 Å². The number of nitrogens with one attached hydrogen (secondary N) is 1. The highest BCUT2D eigenvalue weighted by Crippen LogP contribution is 2.66. The fourth-order valence-corrected chi connectivity index (χ4v) is 6.13. The van der Waals surface area contributed by atoms with Crippen molar-refractivity contribution in [2.24, 2.45) is 0 Å². The molecule has 5 N–H and O–H groups in total. The first kappa shape index (κ1) is 27.6. The molecular formula is C17H21N2O13P3. The molecule has 0 aliphatic carbocycles. The SMILES string of the molecule is O=c1[nH]c(=O)n([C@H]2CC[C@@H](COP(=O)(O)OP(=O)(O)OP(=O)(O)O)O2)cc1/C=C/c1ccccc1. The summed E-state index contributed by atoms with van der Waals surface area (Å²) in [5.41, 5.74) is -0.354. The Kier molecular flexibility index (Phi) is 8.64. The number of phosphoric acid groups is 3. The van der Waals surface area contributed by atoms with E-state index in [1.54, 1.807) is 6.08 Å². The van der Waals surface area contributed by atoms with Crippen molar-refractivity contribution in [3.05, 3.63) is 68.5 Å². The predicted molar refractivity (Wildman–Crippen MR) is 120 cm³/mol. The summed E-state index contributed by atoms with van der Waals surface area (Å²) in [5, 5.41) is 0. The molecule has 0 radical (unpaired) electrons. The zero-order chi connectivity index (χ0) is 25.9. The Hall–Kier alpha value is -1.99. The molecule has 1 aliphatic rings. The third-order valence-electron chi connectivity index (χ3n) is 4.49. The van der Waals surface area contributed by atoms with Crippen LogP contribution in [0.15, 0.2) is 46.1 Å². The van der Waals surface area contributed by atoms with Crippen LogP contribution in [-0.4, -0.2) is 41.8 Å². The molecule has 1 saturated heterocycles. The number of aromatic nitrogens is 2. The van der Waals surface area contributed by atoms with E-state index >= 15 is 0 Å². The molecule has 4 atom stereocenters. The molecule has 15 nitrogen and oxygen atoms in total. The Labute approximate surface area is 197 Å². The van der Waals surface area contributed by atoms with Gasteiger partial charge in [-0.3, -0.25) is 18.9 Å². The van der Waals surface area contributed by atoms with Crippen LogP contribution in [-0.2, 0) is 31.6 Å². The van der Waals surface area contributed by atoms with Gasteiger partial charge in [-0.2, -0.15) is 8.62 Å². The molecule has 1 fully saturated rings. The quantitative estimate of drug-likeness (QED) is 0.264. The van der Waals surface area contributed by atoms with Crippen molar-refractivity contribution in [1.82, 2.24) is 9.55 Å². The average Bonchev–Trinajstić information content (AvgIpc) is 3.19. The smallest absolute Gasteiger partial charge is 0.352 e. The largest absolute Gasteiger partial charge is 0.490 e. The van der Waals surface area contributed by atoms with E-state index in [9.17, 15) is 28.2 Å². The lowest BCUT2D eigenvalue weighted by atomic mass is 10.2. The number of phosphoric ester groups is 1. The summed E-state index contributed by atoms with van der Waals surface area (Å²) in [4.78, 5) is 62.4. The standard InChI is InChI=1S/C17H21N2O13P3/c20-16-13(7-6-12-4-2-1-3-5-12)10-19(17(21)18-16)15-9-8-14(30-15)11-29-34(25,26)32-35(27,28)31-33(22,23)24/h1-7,10,14-15H,8-9,11H2,(H,25,26)(H,27,28)(H,18,20,21)(H2,22,23,24)/b7-6+/t14-,15+/m0/s1. The summed E-state index contributed by atoms with van der Waals surface area (Å²) in [5.74, 6) is 0. The first-order valence-electron chi connectivity index (χ1n) is 9.75. The summed E-state index contributed by atoms with van der Waals surface area (Å²) in [6.07, 6.45) is 3.24. The fourth-order valence-electron chi connectivity index (χ4n) is 3.08. The van der Waals surface area contributed by atoms with Crippen molar-refractivity contribution in [3.8, 4) is 0 Å². The number of aromatic amines is 1. The van der Waals surface area contributed by atoms with Gasteiger partial charge < -0.3 is 24.3 Å². The second-order valence-electron chi connectivity index (χ2n) is 7.17. The minimum absolute atomic E-state index is 0.175. The van der Waals surface area contributed by atoms with E-state index in [-0.39, 0.29) is 18.4 Å². The Morgan fingerprint density at radius 2 is 1.69 bits per heavy atom. The van der Waals surface area contributed by atoms with Crippen molar-refractivity contribution in [1.29, 1.82) is 0 Å². The van der Waals surface area contributed by atoms with Crippen molar-refractivity contribution in [2.75, 3.05) is 6.61 Å². The van der Waals surface area contributed by atoms with Gasteiger partial charge in [0.05, 0.1) is 18.3 Å². The van der Waals surface area contributed by atoms with Gasteiger partial charge in [-0.25, -0.2) is 18.5 Å². The van der Waals surface area contributed by atoms with Crippen LogP contribution in [0.4, 0.5) is 0 Å². The Morgan fingerprint density at radius 3 is 2.34 bits per heavy atom. The van der Waals surface area contributed by atoms with Gasteiger partial charge in [0.2, 0.25) is 0 Å². The van der Waals surface area contributed by atoms with Crippen LogP contribution in [0.5, 0.6) is 0 Å². The van der Waals surface area contributed by atoms with Crippen molar-refractivity contribution in [2.45, 2.75) is 25.2 Å². The maximum atomic E-state index is 12.3. The van der Waals surface area contributed by atoms with Crippen LogP contribution in [0.1, 0.15) is 30.2 Å². The lowest BCUT2D eigenvalue weighted by Gasteiger charge is -2.19. The van der Waals surface area contributed by atoms with E-state index in [1.165, 1.54) is 12.3 Å². The molecule has 35 heavy (non-hydrogen) atoms. The van der Waals surface area contributed by atoms with E-state index in [0.717, 1.165) is 10.1 Å². The minimum atomic E-state index is -5.63. The van der Waals surface area contributed by atoms with Crippen molar-refractivity contribution >= 4 is 35.6 Å². The molecule has 3 rings (SSSR count). The first-order chi connectivity index (χ1) is 16.2. The van der Waals surface area contributed by atoms with E-state index in [4.69, 9.17) is 19.4 Å². The van der Waals surface area contributed by atoms with Crippen LogP contribution < -0.4 is 11.2 Å². The van der Waals surface area contributed by atoms with Gasteiger partial charge >= 0.3 is 29.2 Å². The second-order valence-corrected chi connectivity index (χ2v) is 11.6. The first-order valence-corrected chi connectivity index (χ1v) is 14.3. The molecule has 0 saturated carbocycles. The molecule has 0 bridgehead atoms. The molecule has 1 aromatic heterocycles. The molecule has 1 aromatic carbocycles. The van der Waals surface area contributed by atoms with Crippen LogP contribution in [0, 0.1) is 0 Å². The average molecular weight is 554 g/mol. The number of nitrogens with zero attached hydrogens (tertiary/aromatic N) is 1. The van der Waals surface area contributed by atoms with Crippen LogP contribution in [0.3, 0.4) is 0 Å². The van der Waals surface area contributed by atoms with E-state index in [2.05, 4.69) is 18.1 Å². The number of H-pyrrole nitrogens is 1. The highest BCUT2D eigenvalue weighted by atomic mass is 31.3. The molecule has 1 aliphatic heterocycles. The number of hydrogen-bond donors (Lipinski definition) is 5. The molecule has 18 heteroatoms. The van der Waals surface area contributed by atoms with Crippen molar-refractivity contribution in [3.63, 3.8) is 0 Å². The molecule has 0 amide bonds. The monoisotopic (exact) mass is 554 g/mol. The molecular weight excluding hydrogens is 533 g/mol. The van der Waals surface area contributed by atoms with Gasteiger partial charge in [0, 0.05) is 6.20 Å². The summed E-state index contributed by atoms with van der Waals surface area (Å²) >= 11 is 0. The molecule has 2 unspecified atom stereocenters. The third kappa shape index (κ3) is 8.57. The summed E-state index contributed by atoms with van der Waals surface area (Å²) in [6.45, 7) is -0.640. The number of rotatable bonds is 10. The van der Waals surface area contributed by atoms with Crippen molar-refractivity contribution < 1.29 is 51.2 Å². The normalized spacial score (nSPS) is 22.2. The molecule has 2 aromatic rings. The number of ether oxygens (including phenoxy) is 1. The van der Waals surface area contributed by atoms with Gasteiger partial charge in [-0.05, 0) is 24.5 Å². The molecule has 2 heterocycles. The van der Waals surface area contributed by atoms with E-state index < -0.39 is 53.7 Å². The second kappa shape index (κ2) is 11.0. The Morgan fingerprint density at radius 1 is 1.00 bits per heavy atom. The number of benzene rings is 1. The van der Waals surface area contributed by atoms with E-state index in [1.807, 2.05) is 30.3 Å². The summed E-state index contributed by atoms with van der Waals surface area (Å²) in [7, 11) is -16.4. The molecule has 0 spiro atoms. The third-order valence-corrected chi connectivity index (χ3v) is 8.29. The van der Waals surface area contributed by atoms with Gasteiger partial charge in [0.1, 0.15) is 6.23 Å². The Balaban J connectivity index is 1.64. The van der Waals surface area contributed by atoms with Crippen LogP contribution in [0.25, 0.3) is 12.2 Å². The van der Waals surface area contributed by atoms with Gasteiger partial charge in [0.15, 0.2) is 0 Å². The molecule has 192 valence electrons. The minimum Gasteiger partial charge on any atom is -0.352 e. The zero-order valence-corrected chi connectivity index (χ0v) is 20.3. The van der Waals surface area contributed by atoms with E-state index in [0.29, 0.717) is 0 Å². The maximum absolute atomic E-state index is 12.3. The van der Waals surface area contributed by atoms with Crippen LogP contribution in [0.2, 0.25) is 0 Å². The van der Waals surface area contributed by atoms with Gasteiger partial charge in [-0.1, -0.05) is 36.4 Å². The number of hydrogen-bond acceptors (Lipinski definition) is 9. The summed E-state index contributed by atoms with van der Waals surface area (Å²) in [6, 6.07) is 9.12. The highest BCUT2D eigenvalue weighted by Gasteiger charge is 2.41. The fraction of sp³-hybridized carbons (Fsp3) is 0.294. The lowest BCUT2D eigenvalue weighted by Crippen LogP contribution is -2.33. The highest BCUT2D eigenvalue weighted by molar-refractivity contribution is 7.66. The van der Waals surface area contributed by atoms with Crippen LogP contribution >= 0.6 is 23.5 Å². The van der Waals surface area contributed by atoms with Gasteiger partial charge in [-0.15, -0.1) is 0 Å².